The van der Waals surface area contributed by atoms with E-state index in [0.29, 0.717) is 12.6 Å². The van der Waals surface area contributed by atoms with Crippen LogP contribution in [0.15, 0.2) is 0 Å². The summed E-state index contributed by atoms with van der Waals surface area (Å²) in [5.41, 5.74) is 0. The van der Waals surface area contributed by atoms with Gasteiger partial charge in [-0.25, -0.2) is 0 Å². The van der Waals surface area contributed by atoms with Crippen LogP contribution in [0.4, 0.5) is 0 Å². The molecule has 0 radical (unpaired) electrons. The monoisotopic (exact) mass is 186 g/mol. The van der Waals surface area contributed by atoms with Crippen LogP contribution in [-0.4, -0.2) is 49.3 Å². The number of aliphatic hydroxyl groups is 1. The third-order valence-electron chi connectivity index (χ3n) is 2.64. The highest BCUT2D eigenvalue weighted by Gasteiger charge is 2.15. The minimum Gasteiger partial charge on any atom is -0.396 e. The van der Waals surface area contributed by atoms with Crippen LogP contribution in [0.2, 0.25) is 0 Å². The minimum atomic E-state index is 0.329. The Bertz CT molecular complexity index is 124. The summed E-state index contributed by atoms with van der Waals surface area (Å²) in [5.74, 6) is 0. The lowest BCUT2D eigenvalue weighted by Crippen LogP contribution is -2.35. The molecule has 3 heteroatoms. The average molecular weight is 186 g/mol. The van der Waals surface area contributed by atoms with Gasteiger partial charge in [0.2, 0.25) is 0 Å². The Balaban J connectivity index is 1.99. The molecule has 1 heterocycles. The Morgan fingerprint density at radius 2 is 2.31 bits per heavy atom. The van der Waals surface area contributed by atoms with Crippen molar-refractivity contribution in [1.82, 2.24) is 10.2 Å². The molecular formula is C10H22N2O. The van der Waals surface area contributed by atoms with Gasteiger partial charge in [-0.1, -0.05) is 0 Å². The van der Waals surface area contributed by atoms with Crippen LogP contribution in [0, 0.1) is 0 Å². The van der Waals surface area contributed by atoms with Gasteiger partial charge >= 0.3 is 0 Å². The van der Waals surface area contributed by atoms with Gasteiger partial charge in [-0.2, -0.15) is 0 Å². The van der Waals surface area contributed by atoms with E-state index in [9.17, 15) is 0 Å². The predicted octanol–water partition coefficient (Wildman–Crippen LogP) is 0.443. The van der Waals surface area contributed by atoms with Crippen molar-refractivity contribution >= 4 is 0 Å². The number of hydrogen-bond acceptors (Lipinski definition) is 3. The van der Waals surface area contributed by atoms with Crippen LogP contribution >= 0.6 is 0 Å². The first kappa shape index (κ1) is 11.0. The Morgan fingerprint density at radius 1 is 1.46 bits per heavy atom. The van der Waals surface area contributed by atoms with Gasteiger partial charge in [-0.05, 0) is 45.8 Å². The number of nitrogens with one attached hydrogen (secondary N) is 1. The molecule has 0 spiro atoms. The van der Waals surface area contributed by atoms with Gasteiger partial charge in [-0.3, -0.25) is 0 Å². The van der Waals surface area contributed by atoms with Gasteiger partial charge < -0.3 is 15.3 Å². The number of unbranched alkanes of at least 4 members (excludes halogenated alkanes) is 1. The predicted molar refractivity (Wildman–Crippen MR) is 54.8 cm³/mol. The molecule has 0 amide bonds. The van der Waals surface area contributed by atoms with Crippen molar-refractivity contribution in [2.75, 3.05) is 33.3 Å². The molecular weight excluding hydrogens is 164 g/mol. The molecule has 0 saturated carbocycles. The van der Waals surface area contributed by atoms with E-state index in [2.05, 4.69) is 17.3 Å². The maximum absolute atomic E-state index is 8.63. The van der Waals surface area contributed by atoms with Crippen molar-refractivity contribution in [3.63, 3.8) is 0 Å². The molecule has 13 heavy (non-hydrogen) atoms. The first-order valence-corrected chi connectivity index (χ1v) is 5.35. The van der Waals surface area contributed by atoms with Crippen LogP contribution in [0.5, 0.6) is 0 Å². The molecule has 0 bridgehead atoms. The van der Waals surface area contributed by atoms with Crippen molar-refractivity contribution in [1.29, 1.82) is 0 Å². The standard InChI is InChI=1S/C10H22N2O/c1-12(7-2-3-8-13)9-10-5-4-6-11-10/h10-11,13H,2-9H2,1H3. The number of nitrogens with zero attached hydrogens (tertiary/aromatic N) is 1. The van der Waals surface area contributed by atoms with E-state index in [4.69, 9.17) is 5.11 Å². The fourth-order valence-corrected chi connectivity index (χ4v) is 1.87. The topological polar surface area (TPSA) is 35.5 Å². The molecule has 2 N–H and O–H groups in total. The molecule has 1 aliphatic rings. The lowest BCUT2D eigenvalue weighted by Gasteiger charge is -2.20. The number of rotatable bonds is 6. The lowest BCUT2D eigenvalue weighted by atomic mass is 10.2. The van der Waals surface area contributed by atoms with Gasteiger partial charge in [0, 0.05) is 19.2 Å². The third-order valence-corrected chi connectivity index (χ3v) is 2.64. The molecule has 0 aromatic heterocycles. The highest BCUT2D eigenvalue weighted by atomic mass is 16.2. The van der Waals surface area contributed by atoms with Crippen LogP contribution in [0.3, 0.4) is 0 Å². The lowest BCUT2D eigenvalue weighted by molar-refractivity contribution is 0.255. The maximum atomic E-state index is 8.63. The van der Waals surface area contributed by atoms with Crippen molar-refractivity contribution in [3.8, 4) is 0 Å². The quantitative estimate of drug-likeness (QED) is 0.591. The smallest absolute Gasteiger partial charge is 0.0431 e. The highest BCUT2D eigenvalue weighted by molar-refractivity contribution is 4.76. The largest absolute Gasteiger partial charge is 0.396 e. The third kappa shape index (κ3) is 4.60. The molecule has 1 unspecified atom stereocenters. The van der Waals surface area contributed by atoms with Gasteiger partial charge in [0.25, 0.3) is 0 Å². The van der Waals surface area contributed by atoms with E-state index in [0.717, 1.165) is 25.9 Å². The molecule has 0 aromatic carbocycles. The summed E-state index contributed by atoms with van der Waals surface area (Å²) in [6.45, 7) is 3.79. The Morgan fingerprint density at radius 3 is 2.92 bits per heavy atom. The highest BCUT2D eigenvalue weighted by Crippen LogP contribution is 2.06. The van der Waals surface area contributed by atoms with E-state index in [1.165, 1.54) is 19.4 Å². The Labute approximate surface area is 81.1 Å². The van der Waals surface area contributed by atoms with Gasteiger partial charge in [0.1, 0.15) is 0 Å². The summed E-state index contributed by atoms with van der Waals surface area (Å²) < 4.78 is 0. The number of likely N-dealkylation sites (N-methyl/N-ethyl adjacent to an activating group) is 1. The van der Waals surface area contributed by atoms with Crippen LogP contribution < -0.4 is 5.32 Å². The number of hydrogen-bond donors (Lipinski definition) is 2. The molecule has 0 aromatic rings. The van der Waals surface area contributed by atoms with Crippen molar-refractivity contribution in [2.45, 2.75) is 31.7 Å². The van der Waals surface area contributed by atoms with E-state index in [1.807, 2.05) is 0 Å². The zero-order valence-electron chi connectivity index (χ0n) is 8.63. The summed E-state index contributed by atoms with van der Waals surface area (Å²) in [6.07, 6.45) is 4.70. The minimum absolute atomic E-state index is 0.329. The second kappa shape index (κ2) is 6.35. The molecule has 3 nitrogen and oxygen atoms in total. The Kier molecular flexibility index (Phi) is 5.35. The first-order valence-electron chi connectivity index (χ1n) is 5.35. The first-order chi connectivity index (χ1) is 6.33. The van der Waals surface area contributed by atoms with Crippen LogP contribution in [0.25, 0.3) is 0 Å². The molecule has 0 aliphatic carbocycles. The van der Waals surface area contributed by atoms with Crippen LogP contribution in [0.1, 0.15) is 25.7 Å². The van der Waals surface area contributed by atoms with Crippen LogP contribution in [-0.2, 0) is 0 Å². The molecule has 78 valence electrons. The van der Waals surface area contributed by atoms with E-state index >= 15 is 0 Å². The molecule has 1 fully saturated rings. The SMILES string of the molecule is CN(CCCCO)CC1CCCN1. The van der Waals surface area contributed by atoms with Gasteiger partial charge in [0.05, 0.1) is 0 Å². The van der Waals surface area contributed by atoms with E-state index in [-0.39, 0.29) is 0 Å². The van der Waals surface area contributed by atoms with Crippen molar-refractivity contribution in [2.24, 2.45) is 0 Å². The second-order valence-corrected chi connectivity index (χ2v) is 3.99. The molecule has 1 aliphatic heterocycles. The summed E-state index contributed by atoms with van der Waals surface area (Å²) in [6, 6.07) is 0.708. The zero-order valence-corrected chi connectivity index (χ0v) is 8.63. The zero-order chi connectivity index (χ0) is 9.52. The van der Waals surface area contributed by atoms with Gasteiger partial charge in [0.15, 0.2) is 0 Å². The Hall–Kier alpha value is -0.120. The van der Waals surface area contributed by atoms with E-state index < -0.39 is 0 Å². The van der Waals surface area contributed by atoms with E-state index in [1.54, 1.807) is 0 Å². The summed E-state index contributed by atoms with van der Waals surface area (Å²) in [4.78, 5) is 2.36. The average Bonchev–Trinajstić information content (AvgIpc) is 2.57. The summed E-state index contributed by atoms with van der Waals surface area (Å²) in [7, 11) is 2.16. The van der Waals surface area contributed by atoms with Crippen molar-refractivity contribution < 1.29 is 5.11 Å². The molecule has 1 atom stereocenters. The number of aliphatic hydroxyl groups excluding tert-OH is 1. The fraction of sp³-hybridized carbons (Fsp3) is 1.00. The van der Waals surface area contributed by atoms with Gasteiger partial charge in [-0.15, -0.1) is 0 Å². The second-order valence-electron chi connectivity index (χ2n) is 3.99. The fourth-order valence-electron chi connectivity index (χ4n) is 1.87. The van der Waals surface area contributed by atoms with Crippen molar-refractivity contribution in [3.05, 3.63) is 0 Å². The molecule has 1 rings (SSSR count). The maximum Gasteiger partial charge on any atom is 0.0431 e. The summed E-state index contributed by atoms with van der Waals surface area (Å²) in [5, 5.41) is 12.1. The normalized spacial score (nSPS) is 22.8. The molecule has 1 saturated heterocycles. The summed E-state index contributed by atoms with van der Waals surface area (Å²) >= 11 is 0.